The number of carbonyl (C=O) groups is 1. The van der Waals surface area contributed by atoms with Crippen molar-refractivity contribution in [3.05, 3.63) is 71.7 Å². The molecule has 0 aliphatic carbocycles. The maximum atomic E-state index is 14.9. The van der Waals surface area contributed by atoms with E-state index in [1.54, 1.807) is 13.0 Å². The number of ether oxygens (including phenoxy) is 2. The van der Waals surface area contributed by atoms with Gasteiger partial charge >= 0.3 is 6.09 Å². The first-order valence-corrected chi connectivity index (χ1v) is 10.9. The number of halogens is 2. The van der Waals surface area contributed by atoms with Gasteiger partial charge in [0.25, 0.3) is 5.88 Å². The highest BCUT2D eigenvalue weighted by Crippen LogP contribution is 2.37. The Hall–Kier alpha value is -3.64. The summed E-state index contributed by atoms with van der Waals surface area (Å²) in [6.45, 7) is 1.62. The lowest BCUT2D eigenvalue weighted by molar-refractivity contribution is 0.114. The van der Waals surface area contributed by atoms with Crippen molar-refractivity contribution in [2.45, 2.75) is 19.5 Å². The van der Waals surface area contributed by atoms with E-state index >= 15 is 0 Å². The Kier molecular flexibility index (Phi) is 6.47. The van der Waals surface area contributed by atoms with Crippen LogP contribution in [0.2, 0.25) is 0 Å². The number of aromatic nitrogens is 2. The van der Waals surface area contributed by atoms with Crippen LogP contribution in [0.3, 0.4) is 0 Å². The van der Waals surface area contributed by atoms with Gasteiger partial charge in [0.1, 0.15) is 5.69 Å². The summed E-state index contributed by atoms with van der Waals surface area (Å²) in [6, 6.07) is 8.04. The summed E-state index contributed by atoms with van der Waals surface area (Å²) >= 11 is -1.66. The molecule has 2 N–H and O–H groups in total. The van der Waals surface area contributed by atoms with Crippen molar-refractivity contribution in [3.63, 3.8) is 0 Å². The Labute approximate surface area is 190 Å². The molecule has 2 unspecified atom stereocenters. The van der Waals surface area contributed by atoms with Crippen molar-refractivity contribution < 1.29 is 27.3 Å². The number of hydrogen-bond acceptors (Lipinski definition) is 6. The largest absolute Gasteiger partial charge is 0.435 e. The third kappa shape index (κ3) is 4.76. The van der Waals surface area contributed by atoms with Crippen molar-refractivity contribution in [3.8, 4) is 17.4 Å². The molecule has 0 saturated heterocycles. The molecule has 12 heteroatoms. The van der Waals surface area contributed by atoms with Crippen LogP contribution >= 0.6 is 0 Å². The molecular weight excluding hydrogens is 456 g/mol. The van der Waals surface area contributed by atoms with Gasteiger partial charge in [-0.25, -0.2) is 27.5 Å². The van der Waals surface area contributed by atoms with E-state index in [1.165, 1.54) is 54.7 Å². The minimum absolute atomic E-state index is 0.0280. The van der Waals surface area contributed by atoms with Gasteiger partial charge in [0, 0.05) is 17.8 Å². The minimum Gasteiger partial charge on any atom is -0.435 e. The van der Waals surface area contributed by atoms with Gasteiger partial charge in [-0.1, -0.05) is 12.1 Å². The molecule has 9 nitrogen and oxygen atoms in total. The summed E-state index contributed by atoms with van der Waals surface area (Å²) in [5.41, 5.74) is 0.653. The average Bonchev–Trinajstić information content (AvgIpc) is 2.80. The van der Waals surface area contributed by atoms with Crippen LogP contribution in [0.1, 0.15) is 24.2 Å². The lowest BCUT2D eigenvalue weighted by atomic mass is 10.1. The van der Waals surface area contributed by atoms with Gasteiger partial charge in [-0.3, -0.25) is 14.6 Å². The van der Waals surface area contributed by atoms with Crippen LogP contribution in [0.4, 0.5) is 19.3 Å². The maximum absolute atomic E-state index is 14.9. The van der Waals surface area contributed by atoms with Crippen molar-refractivity contribution in [1.29, 1.82) is 0 Å². The molecule has 0 radical (unpaired) electrons. The maximum Gasteiger partial charge on any atom is 0.416 e. The highest BCUT2D eigenvalue weighted by atomic mass is 32.2. The lowest BCUT2D eigenvalue weighted by Gasteiger charge is -2.33. The summed E-state index contributed by atoms with van der Waals surface area (Å²) in [7, 11) is 1.46. The molecule has 0 spiro atoms. The molecule has 3 heterocycles. The molecule has 1 aliphatic rings. The van der Waals surface area contributed by atoms with E-state index in [9.17, 15) is 17.8 Å². The van der Waals surface area contributed by atoms with Gasteiger partial charge in [0.2, 0.25) is 0 Å². The number of hydrogen-bond donors (Lipinski definition) is 2. The molecule has 1 aliphatic heterocycles. The zero-order valence-corrected chi connectivity index (χ0v) is 18.4. The summed E-state index contributed by atoms with van der Waals surface area (Å²) in [5, 5.41) is 0. The first-order chi connectivity index (χ1) is 15.9. The standard InChI is InChI=1S/C21H19F2N5O4S/c1-12-19-17(9-14(10-26-19)31-20-15(22)6-4-8-25-20)32-21(29)28(12)11-13-5-3-7-16(18(13)23)27-33(30)24-2/h3-10,12,24,27H,11H2,1-2H3. The highest BCUT2D eigenvalue weighted by Gasteiger charge is 2.34. The topological polar surface area (TPSA) is 106 Å². The van der Waals surface area contributed by atoms with Crippen molar-refractivity contribution in [2.75, 3.05) is 11.8 Å². The highest BCUT2D eigenvalue weighted by molar-refractivity contribution is 7.84. The van der Waals surface area contributed by atoms with E-state index in [-0.39, 0.29) is 35.2 Å². The van der Waals surface area contributed by atoms with Gasteiger partial charge in [-0.05, 0) is 32.2 Å². The van der Waals surface area contributed by atoms with E-state index in [4.69, 9.17) is 9.47 Å². The summed E-state index contributed by atoms with van der Waals surface area (Å²) in [5.74, 6) is -1.23. The van der Waals surface area contributed by atoms with Gasteiger partial charge in [-0.2, -0.15) is 0 Å². The number of nitrogens with zero attached hydrogens (tertiary/aromatic N) is 3. The summed E-state index contributed by atoms with van der Waals surface area (Å²) < 4.78 is 56.1. The zero-order valence-electron chi connectivity index (χ0n) is 17.5. The molecule has 0 fully saturated rings. The number of rotatable bonds is 7. The van der Waals surface area contributed by atoms with E-state index in [2.05, 4.69) is 19.4 Å². The van der Waals surface area contributed by atoms with Crippen molar-refractivity contribution in [2.24, 2.45) is 0 Å². The number of anilines is 1. The Bertz CT molecular complexity index is 1230. The molecule has 0 bridgehead atoms. The predicted molar refractivity (Wildman–Crippen MR) is 116 cm³/mol. The number of benzene rings is 1. The number of fused-ring (bicyclic) bond motifs is 1. The normalized spacial score (nSPS) is 16.1. The van der Waals surface area contributed by atoms with Crippen LogP contribution in [-0.4, -0.2) is 32.2 Å². The molecule has 172 valence electrons. The van der Waals surface area contributed by atoms with Crippen molar-refractivity contribution in [1.82, 2.24) is 19.6 Å². The first-order valence-electron chi connectivity index (χ1n) is 9.77. The first kappa shape index (κ1) is 22.6. The second kappa shape index (κ2) is 9.46. The van der Waals surface area contributed by atoms with Crippen LogP contribution in [-0.2, 0) is 17.7 Å². The molecule has 1 aromatic carbocycles. The Balaban J connectivity index is 1.55. The van der Waals surface area contributed by atoms with Gasteiger partial charge < -0.3 is 9.47 Å². The lowest BCUT2D eigenvalue weighted by Crippen LogP contribution is -2.39. The molecular formula is C21H19F2N5O4S. The van der Waals surface area contributed by atoms with E-state index < -0.39 is 34.9 Å². The predicted octanol–water partition coefficient (Wildman–Crippen LogP) is 3.83. The fourth-order valence-electron chi connectivity index (χ4n) is 3.22. The van der Waals surface area contributed by atoms with E-state index in [1.807, 2.05) is 0 Å². The number of carbonyl (C=O) groups excluding carboxylic acids is 1. The van der Waals surface area contributed by atoms with Crippen LogP contribution in [0.5, 0.6) is 17.4 Å². The van der Waals surface area contributed by atoms with Gasteiger partial charge in [0.15, 0.2) is 34.3 Å². The average molecular weight is 475 g/mol. The van der Waals surface area contributed by atoms with Crippen LogP contribution in [0.25, 0.3) is 0 Å². The fourth-order valence-corrected chi connectivity index (χ4v) is 3.68. The smallest absolute Gasteiger partial charge is 0.416 e. The molecule has 4 rings (SSSR count). The second-order valence-electron chi connectivity index (χ2n) is 6.97. The zero-order chi connectivity index (χ0) is 23.5. The SMILES string of the molecule is CNS(=O)Nc1cccc(CN2C(=O)Oc3cc(Oc4ncccc4F)cnc3C2C)c1F. The van der Waals surface area contributed by atoms with Crippen LogP contribution in [0.15, 0.2) is 48.8 Å². The quantitative estimate of drug-likeness (QED) is 0.538. The number of nitrogens with one attached hydrogen (secondary N) is 2. The number of pyridine rings is 2. The monoisotopic (exact) mass is 475 g/mol. The number of amides is 1. The molecule has 0 saturated carbocycles. The molecule has 2 atom stereocenters. The Morgan fingerprint density at radius 1 is 1.24 bits per heavy atom. The fraction of sp³-hybridized carbons (Fsp3) is 0.190. The van der Waals surface area contributed by atoms with E-state index in [0.717, 1.165) is 0 Å². The van der Waals surface area contributed by atoms with Gasteiger partial charge in [-0.15, -0.1) is 0 Å². The molecule has 33 heavy (non-hydrogen) atoms. The molecule has 3 aromatic rings. The molecule has 1 amide bonds. The Morgan fingerprint density at radius 3 is 2.82 bits per heavy atom. The minimum atomic E-state index is -1.66. The third-order valence-electron chi connectivity index (χ3n) is 4.90. The molecule has 2 aromatic heterocycles. The van der Waals surface area contributed by atoms with Crippen LogP contribution < -0.4 is 18.9 Å². The van der Waals surface area contributed by atoms with E-state index in [0.29, 0.717) is 5.69 Å². The van der Waals surface area contributed by atoms with Gasteiger partial charge in [0.05, 0.1) is 24.5 Å². The summed E-state index contributed by atoms with van der Waals surface area (Å²) in [4.78, 5) is 22.1. The third-order valence-corrected chi connectivity index (χ3v) is 5.67. The second-order valence-corrected chi connectivity index (χ2v) is 8.12. The van der Waals surface area contributed by atoms with Crippen LogP contribution in [0, 0.1) is 11.6 Å². The Morgan fingerprint density at radius 2 is 2.06 bits per heavy atom. The summed E-state index contributed by atoms with van der Waals surface area (Å²) in [6.07, 6.45) is 2.03. The van der Waals surface area contributed by atoms with Crippen molar-refractivity contribution >= 4 is 23.0 Å².